The van der Waals surface area contributed by atoms with Gasteiger partial charge in [0.25, 0.3) is 0 Å². The van der Waals surface area contributed by atoms with Crippen molar-refractivity contribution in [1.29, 1.82) is 0 Å². The molecule has 124 valence electrons. The van der Waals surface area contributed by atoms with Crippen molar-refractivity contribution in [2.45, 2.75) is 38.5 Å². The number of fused-ring (bicyclic) bond motifs is 1. The van der Waals surface area contributed by atoms with Crippen molar-refractivity contribution in [3.05, 3.63) is 48.5 Å². The van der Waals surface area contributed by atoms with Gasteiger partial charge in [-0.15, -0.1) is 0 Å². The van der Waals surface area contributed by atoms with Crippen molar-refractivity contribution in [3.8, 4) is 5.88 Å². The van der Waals surface area contributed by atoms with Gasteiger partial charge >= 0.3 is 0 Å². The summed E-state index contributed by atoms with van der Waals surface area (Å²) in [7, 11) is 0. The van der Waals surface area contributed by atoms with Crippen molar-refractivity contribution < 1.29 is 9.84 Å². The summed E-state index contributed by atoms with van der Waals surface area (Å²) in [4.78, 5) is 13.1. The Kier molecular flexibility index (Phi) is 3.90. The molecule has 1 aliphatic carbocycles. The van der Waals surface area contributed by atoms with Crippen LogP contribution in [0.15, 0.2) is 43.0 Å². The van der Waals surface area contributed by atoms with E-state index in [-0.39, 0.29) is 18.1 Å². The minimum atomic E-state index is -0.303. The summed E-state index contributed by atoms with van der Waals surface area (Å²) in [6.45, 7) is 2.74. The first kappa shape index (κ1) is 15.1. The summed E-state index contributed by atoms with van der Waals surface area (Å²) < 4.78 is 8.00. The monoisotopic (exact) mass is 324 g/mol. The van der Waals surface area contributed by atoms with E-state index >= 15 is 0 Å². The van der Waals surface area contributed by atoms with Gasteiger partial charge in [0.1, 0.15) is 12.4 Å². The van der Waals surface area contributed by atoms with Gasteiger partial charge in [-0.3, -0.25) is 0 Å². The molecule has 0 bridgehead atoms. The first-order chi connectivity index (χ1) is 11.7. The fourth-order valence-corrected chi connectivity index (χ4v) is 3.26. The van der Waals surface area contributed by atoms with Gasteiger partial charge in [0.05, 0.1) is 19.0 Å². The zero-order valence-corrected chi connectivity index (χ0v) is 13.5. The molecular formula is C18H20N4O2. The van der Waals surface area contributed by atoms with Crippen LogP contribution in [0.2, 0.25) is 0 Å². The molecule has 6 nitrogen and oxygen atoms in total. The molecule has 2 aromatic heterocycles. The standard InChI is InChI=1S/C18H20N4O2/c1-12-7-14(8-15(12)23)24-18-16-17(19-10-20-18)22(11-21-16)9-13-5-3-2-4-6-13/h2-6,10-12,14-15,23H,7-9H2,1H3/t12-,14+,15-/m0/s1. The largest absolute Gasteiger partial charge is 0.473 e. The summed E-state index contributed by atoms with van der Waals surface area (Å²) in [5.41, 5.74) is 2.61. The molecular weight excluding hydrogens is 304 g/mol. The Morgan fingerprint density at radius 3 is 2.75 bits per heavy atom. The van der Waals surface area contributed by atoms with Crippen molar-refractivity contribution in [2.75, 3.05) is 0 Å². The highest BCUT2D eigenvalue weighted by Gasteiger charge is 2.32. The molecule has 6 heteroatoms. The molecule has 0 radical (unpaired) electrons. The van der Waals surface area contributed by atoms with E-state index in [9.17, 15) is 5.11 Å². The first-order valence-corrected chi connectivity index (χ1v) is 8.25. The van der Waals surface area contributed by atoms with Crippen LogP contribution in [-0.2, 0) is 6.54 Å². The predicted molar refractivity (Wildman–Crippen MR) is 89.7 cm³/mol. The first-order valence-electron chi connectivity index (χ1n) is 8.25. The highest BCUT2D eigenvalue weighted by atomic mass is 16.5. The minimum absolute atomic E-state index is 0.0210. The maximum Gasteiger partial charge on any atom is 0.245 e. The second-order valence-electron chi connectivity index (χ2n) is 6.47. The average molecular weight is 324 g/mol. The van der Waals surface area contributed by atoms with Gasteiger partial charge in [-0.05, 0) is 17.9 Å². The van der Waals surface area contributed by atoms with E-state index in [0.717, 1.165) is 12.1 Å². The Labute approximate surface area is 140 Å². The number of aliphatic hydroxyl groups excluding tert-OH is 1. The Morgan fingerprint density at radius 1 is 1.17 bits per heavy atom. The average Bonchev–Trinajstić information content (AvgIpc) is 3.13. The fourth-order valence-electron chi connectivity index (χ4n) is 3.26. The number of imidazole rings is 1. The number of benzene rings is 1. The Morgan fingerprint density at radius 2 is 2.00 bits per heavy atom. The van der Waals surface area contributed by atoms with Crippen LogP contribution in [0.3, 0.4) is 0 Å². The zero-order chi connectivity index (χ0) is 16.5. The summed E-state index contributed by atoms with van der Waals surface area (Å²) in [5.74, 6) is 0.751. The fraction of sp³-hybridized carbons (Fsp3) is 0.389. The van der Waals surface area contributed by atoms with Crippen LogP contribution in [0.1, 0.15) is 25.3 Å². The molecule has 1 aliphatic rings. The number of nitrogens with zero attached hydrogens (tertiary/aromatic N) is 4. The third kappa shape index (κ3) is 2.85. The maximum atomic E-state index is 9.90. The van der Waals surface area contributed by atoms with E-state index in [1.54, 1.807) is 6.33 Å². The van der Waals surface area contributed by atoms with Crippen LogP contribution in [0.5, 0.6) is 5.88 Å². The summed E-state index contributed by atoms with van der Waals surface area (Å²) >= 11 is 0. The van der Waals surface area contributed by atoms with Crippen molar-refractivity contribution in [3.63, 3.8) is 0 Å². The van der Waals surface area contributed by atoms with Gasteiger partial charge in [-0.1, -0.05) is 37.3 Å². The van der Waals surface area contributed by atoms with Gasteiger partial charge < -0.3 is 14.4 Å². The lowest BCUT2D eigenvalue weighted by Gasteiger charge is -2.12. The van der Waals surface area contributed by atoms with Gasteiger partial charge in [-0.2, -0.15) is 4.98 Å². The SMILES string of the molecule is C[C@H]1C[C@@H](Oc2ncnc3c2ncn3Cc2ccccc2)C[C@@H]1O. The molecule has 0 unspecified atom stereocenters. The third-order valence-electron chi connectivity index (χ3n) is 4.64. The Balaban J connectivity index is 1.60. The number of aromatic nitrogens is 4. The second kappa shape index (κ2) is 6.20. The molecule has 1 N–H and O–H groups in total. The van der Waals surface area contributed by atoms with E-state index in [4.69, 9.17) is 4.74 Å². The van der Waals surface area contributed by atoms with Crippen LogP contribution < -0.4 is 4.74 Å². The smallest absolute Gasteiger partial charge is 0.245 e. The van der Waals surface area contributed by atoms with E-state index in [2.05, 4.69) is 27.1 Å². The molecule has 4 rings (SSSR count). The normalized spacial score (nSPS) is 23.7. The molecule has 0 saturated heterocycles. The number of ether oxygens (including phenoxy) is 1. The van der Waals surface area contributed by atoms with E-state index in [0.29, 0.717) is 24.4 Å². The summed E-state index contributed by atoms with van der Waals surface area (Å²) in [5, 5.41) is 9.90. The molecule has 24 heavy (non-hydrogen) atoms. The Hall–Kier alpha value is -2.47. The van der Waals surface area contributed by atoms with Crippen LogP contribution in [0, 0.1) is 5.92 Å². The van der Waals surface area contributed by atoms with E-state index < -0.39 is 0 Å². The van der Waals surface area contributed by atoms with Crippen molar-refractivity contribution in [2.24, 2.45) is 5.92 Å². The quantitative estimate of drug-likeness (QED) is 0.798. The lowest BCUT2D eigenvalue weighted by atomic mass is 10.1. The highest BCUT2D eigenvalue weighted by Crippen LogP contribution is 2.30. The number of hydrogen-bond donors (Lipinski definition) is 1. The lowest BCUT2D eigenvalue weighted by Crippen LogP contribution is -2.14. The molecule has 1 fully saturated rings. The molecule has 3 aromatic rings. The molecule has 1 aromatic carbocycles. The number of hydrogen-bond acceptors (Lipinski definition) is 5. The maximum absolute atomic E-state index is 9.90. The summed E-state index contributed by atoms with van der Waals surface area (Å²) in [6.07, 6.45) is 4.42. The molecule has 1 saturated carbocycles. The molecule has 0 spiro atoms. The second-order valence-corrected chi connectivity index (χ2v) is 6.47. The predicted octanol–water partition coefficient (Wildman–Crippen LogP) is 2.41. The van der Waals surface area contributed by atoms with Crippen LogP contribution in [-0.4, -0.2) is 36.8 Å². The van der Waals surface area contributed by atoms with Gasteiger partial charge in [0, 0.05) is 6.42 Å². The highest BCUT2D eigenvalue weighted by molar-refractivity contribution is 5.76. The van der Waals surface area contributed by atoms with Crippen LogP contribution >= 0.6 is 0 Å². The van der Waals surface area contributed by atoms with E-state index in [1.807, 2.05) is 29.7 Å². The third-order valence-corrected chi connectivity index (χ3v) is 4.64. The van der Waals surface area contributed by atoms with Gasteiger partial charge in [-0.25, -0.2) is 9.97 Å². The van der Waals surface area contributed by atoms with Gasteiger partial charge in [0.2, 0.25) is 5.88 Å². The Bertz CT molecular complexity index is 823. The minimum Gasteiger partial charge on any atom is -0.473 e. The lowest BCUT2D eigenvalue weighted by molar-refractivity contribution is 0.129. The molecule has 3 atom stereocenters. The molecule has 0 amide bonds. The topological polar surface area (TPSA) is 73.1 Å². The zero-order valence-electron chi connectivity index (χ0n) is 13.5. The van der Waals surface area contributed by atoms with Crippen LogP contribution in [0.4, 0.5) is 0 Å². The summed E-state index contributed by atoms with van der Waals surface area (Å²) in [6, 6.07) is 10.2. The number of aliphatic hydroxyl groups is 1. The molecule has 2 heterocycles. The van der Waals surface area contributed by atoms with Crippen molar-refractivity contribution >= 4 is 11.2 Å². The van der Waals surface area contributed by atoms with E-state index in [1.165, 1.54) is 11.9 Å². The van der Waals surface area contributed by atoms with Crippen molar-refractivity contribution in [1.82, 2.24) is 19.5 Å². The van der Waals surface area contributed by atoms with Gasteiger partial charge in [0.15, 0.2) is 11.2 Å². The van der Waals surface area contributed by atoms with Crippen LogP contribution in [0.25, 0.3) is 11.2 Å². The number of rotatable bonds is 4. The molecule has 0 aliphatic heterocycles.